The molecule has 0 atom stereocenters. The first-order valence-corrected chi connectivity index (χ1v) is 7.23. The van der Waals surface area contributed by atoms with E-state index in [9.17, 15) is 10.1 Å². The van der Waals surface area contributed by atoms with Crippen LogP contribution in [0.5, 0.6) is 0 Å². The summed E-state index contributed by atoms with van der Waals surface area (Å²) in [6.07, 6.45) is 0. The van der Waals surface area contributed by atoms with Crippen molar-refractivity contribution in [2.24, 2.45) is 10.3 Å². The Bertz CT molecular complexity index is 584. The maximum Gasteiger partial charge on any atom is 0.269 e. The molecule has 1 fully saturated rings. The summed E-state index contributed by atoms with van der Waals surface area (Å²) in [5, 5.41) is 27.5. The molecule has 1 heterocycles. The van der Waals surface area contributed by atoms with E-state index in [-0.39, 0.29) is 10.4 Å². The number of oxime groups is 1. The zero-order chi connectivity index (χ0) is 14.8. The number of nitro benzene ring substituents is 1. The second-order valence-corrected chi connectivity index (χ2v) is 7.26. The van der Waals surface area contributed by atoms with Crippen LogP contribution in [0, 0.1) is 10.1 Å². The molecule has 9 heteroatoms. The monoisotopic (exact) mass is 312 g/mol. The highest BCUT2D eigenvalue weighted by Gasteiger charge is 2.38. The van der Waals surface area contributed by atoms with E-state index >= 15 is 0 Å². The Labute approximate surface area is 123 Å². The molecule has 106 valence electrons. The Balaban J connectivity index is 2.05. The van der Waals surface area contributed by atoms with Crippen molar-refractivity contribution in [3.8, 4) is 0 Å². The zero-order valence-corrected chi connectivity index (χ0v) is 12.4. The minimum Gasteiger partial charge on any atom is -0.410 e. The van der Waals surface area contributed by atoms with Gasteiger partial charge in [-0.25, -0.2) is 0 Å². The Morgan fingerprint density at radius 1 is 1.35 bits per heavy atom. The molecule has 2 rings (SSSR count). The molecular weight excluding hydrogens is 300 g/mol. The summed E-state index contributed by atoms with van der Waals surface area (Å²) >= 11 is 2.77. The van der Waals surface area contributed by atoms with Crippen molar-refractivity contribution in [2.75, 3.05) is 5.43 Å². The molecule has 0 radical (unpaired) electrons. The van der Waals surface area contributed by atoms with Crippen LogP contribution in [-0.2, 0) is 0 Å². The minimum absolute atomic E-state index is 0.0312. The number of anilines is 1. The third kappa shape index (κ3) is 3.23. The summed E-state index contributed by atoms with van der Waals surface area (Å²) in [6, 6.07) is 5.97. The van der Waals surface area contributed by atoms with Crippen LogP contribution in [0.3, 0.4) is 0 Å². The van der Waals surface area contributed by atoms with Crippen molar-refractivity contribution in [3.05, 3.63) is 34.4 Å². The van der Waals surface area contributed by atoms with Crippen LogP contribution < -0.4 is 5.43 Å². The molecule has 0 amide bonds. The molecular formula is C11H12N4O3S2. The fraction of sp³-hybridized carbons (Fsp3) is 0.273. The van der Waals surface area contributed by atoms with Crippen LogP contribution in [0.1, 0.15) is 13.8 Å². The number of thioether (sulfide) groups is 2. The number of nitrogens with zero attached hydrogens (tertiary/aromatic N) is 3. The fourth-order valence-electron chi connectivity index (χ4n) is 1.44. The predicted octanol–water partition coefficient (Wildman–Crippen LogP) is 3.32. The molecule has 0 bridgehead atoms. The maximum absolute atomic E-state index is 10.5. The number of hydrogen-bond acceptors (Lipinski definition) is 8. The molecule has 1 aromatic rings. The molecule has 0 unspecified atom stereocenters. The number of non-ortho nitro benzene ring substituents is 1. The van der Waals surface area contributed by atoms with Crippen molar-refractivity contribution in [1.82, 2.24) is 0 Å². The number of benzene rings is 1. The summed E-state index contributed by atoms with van der Waals surface area (Å²) in [5.74, 6) is 0. The van der Waals surface area contributed by atoms with Gasteiger partial charge in [-0.2, -0.15) is 5.10 Å². The Morgan fingerprint density at radius 3 is 2.50 bits per heavy atom. The zero-order valence-electron chi connectivity index (χ0n) is 10.7. The summed E-state index contributed by atoms with van der Waals surface area (Å²) < 4.78 is 0.413. The van der Waals surface area contributed by atoms with Gasteiger partial charge in [-0.3, -0.25) is 15.5 Å². The first-order chi connectivity index (χ1) is 9.42. The highest BCUT2D eigenvalue weighted by atomic mass is 32.2. The van der Waals surface area contributed by atoms with Gasteiger partial charge in [0.15, 0.2) is 4.38 Å². The largest absolute Gasteiger partial charge is 0.410 e. The van der Waals surface area contributed by atoms with Gasteiger partial charge in [0.2, 0.25) is 0 Å². The van der Waals surface area contributed by atoms with E-state index in [0.717, 1.165) is 4.38 Å². The molecule has 0 aliphatic carbocycles. The van der Waals surface area contributed by atoms with Crippen LogP contribution >= 0.6 is 23.5 Å². The van der Waals surface area contributed by atoms with Gasteiger partial charge >= 0.3 is 0 Å². The highest BCUT2D eigenvalue weighted by molar-refractivity contribution is 8.50. The third-order valence-electron chi connectivity index (χ3n) is 2.49. The summed E-state index contributed by atoms with van der Waals surface area (Å²) in [5.41, 5.74) is 3.50. The maximum atomic E-state index is 10.5. The average Bonchev–Trinajstić information content (AvgIpc) is 2.71. The molecule has 20 heavy (non-hydrogen) atoms. The third-order valence-corrected chi connectivity index (χ3v) is 5.14. The van der Waals surface area contributed by atoms with Gasteiger partial charge in [0.25, 0.3) is 5.69 Å². The molecule has 0 aromatic heterocycles. The average molecular weight is 312 g/mol. The number of nitro groups is 1. The van der Waals surface area contributed by atoms with Crippen molar-refractivity contribution in [2.45, 2.75) is 18.6 Å². The van der Waals surface area contributed by atoms with Crippen LogP contribution in [-0.4, -0.2) is 24.3 Å². The van der Waals surface area contributed by atoms with E-state index in [4.69, 9.17) is 5.21 Å². The number of hydrazone groups is 1. The molecule has 0 saturated carbocycles. The number of nitrogens with one attached hydrogen (secondary N) is 1. The fourth-order valence-corrected chi connectivity index (χ4v) is 3.92. The quantitative estimate of drug-likeness (QED) is 0.504. The smallest absolute Gasteiger partial charge is 0.269 e. The molecule has 1 aromatic carbocycles. The van der Waals surface area contributed by atoms with Gasteiger partial charge in [-0.15, -0.1) is 0 Å². The van der Waals surface area contributed by atoms with Gasteiger partial charge in [-0.1, -0.05) is 16.9 Å². The Hall–Kier alpha value is -1.74. The molecule has 2 N–H and O–H groups in total. The number of rotatable bonds is 3. The van der Waals surface area contributed by atoms with Gasteiger partial charge in [0, 0.05) is 12.1 Å². The second-order valence-electron chi connectivity index (χ2n) is 4.41. The normalized spacial score (nSPS) is 21.3. The SMILES string of the molecule is CC1(C)SC(=NNc2ccc([N+](=O)[O-])cc2)SC1=NO. The van der Waals surface area contributed by atoms with Crippen LogP contribution in [0.4, 0.5) is 11.4 Å². The molecule has 0 spiro atoms. The van der Waals surface area contributed by atoms with Crippen molar-refractivity contribution < 1.29 is 10.1 Å². The first-order valence-electron chi connectivity index (χ1n) is 5.60. The van der Waals surface area contributed by atoms with Crippen molar-refractivity contribution in [3.63, 3.8) is 0 Å². The topological polar surface area (TPSA) is 100 Å². The second kappa shape index (κ2) is 5.71. The van der Waals surface area contributed by atoms with E-state index in [1.54, 1.807) is 12.1 Å². The molecule has 1 saturated heterocycles. The van der Waals surface area contributed by atoms with E-state index in [0.29, 0.717) is 10.7 Å². The van der Waals surface area contributed by atoms with Gasteiger partial charge < -0.3 is 5.21 Å². The lowest BCUT2D eigenvalue weighted by Gasteiger charge is -2.12. The van der Waals surface area contributed by atoms with E-state index in [2.05, 4.69) is 15.7 Å². The summed E-state index contributed by atoms with van der Waals surface area (Å²) in [6.45, 7) is 3.88. The van der Waals surface area contributed by atoms with Gasteiger partial charge in [-0.05, 0) is 37.7 Å². The molecule has 7 nitrogen and oxygen atoms in total. The van der Waals surface area contributed by atoms with E-state index in [1.165, 1.54) is 35.7 Å². The predicted molar refractivity (Wildman–Crippen MR) is 82.6 cm³/mol. The summed E-state index contributed by atoms with van der Waals surface area (Å²) in [7, 11) is 0. The standard InChI is InChI=1S/C11H12N4O3S2/c1-11(2)9(14-16)19-10(20-11)13-12-7-3-5-8(6-4-7)15(17)18/h3-6,12,16H,1-2H3. The van der Waals surface area contributed by atoms with E-state index < -0.39 is 4.92 Å². The Kier molecular flexibility index (Phi) is 4.19. The summed E-state index contributed by atoms with van der Waals surface area (Å²) in [4.78, 5) is 10.1. The Morgan fingerprint density at radius 2 is 2.00 bits per heavy atom. The van der Waals surface area contributed by atoms with Gasteiger partial charge in [0.1, 0.15) is 5.04 Å². The van der Waals surface area contributed by atoms with Crippen molar-refractivity contribution >= 4 is 44.3 Å². The van der Waals surface area contributed by atoms with E-state index in [1.807, 2.05) is 13.8 Å². The highest BCUT2D eigenvalue weighted by Crippen LogP contribution is 2.43. The van der Waals surface area contributed by atoms with Gasteiger partial charge in [0.05, 0.1) is 15.4 Å². The molecule has 1 aliphatic heterocycles. The van der Waals surface area contributed by atoms with Crippen LogP contribution in [0.25, 0.3) is 0 Å². The first kappa shape index (κ1) is 14.7. The lowest BCUT2D eigenvalue weighted by Crippen LogP contribution is -2.19. The molecule has 1 aliphatic rings. The number of hydrogen-bond donors (Lipinski definition) is 2. The van der Waals surface area contributed by atoms with Crippen molar-refractivity contribution in [1.29, 1.82) is 0 Å². The van der Waals surface area contributed by atoms with Crippen LogP contribution in [0.15, 0.2) is 34.5 Å². The van der Waals surface area contributed by atoms with Crippen LogP contribution in [0.2, 0.25) is 0 Å². The lowest BCUT2D eigenvalue weighted by atomic mass is 10.2. The minimum atomic E-state index is -0.454. The lowest BCUT2D eigenvalue weighted by molar-refractivity contribution is -0.384.